The summed E-state index contributed by atoms with van der Waals surface area (Å²) in [7, 11) is 2.17. The van der Waals surface area contributed by atoms with Crippen LogP contribution in [0.15, 0.2) is 18.2 Å². The number of benzene rings is 1. The number of carbonyl (C=O) groups is 1. The summed E-state index contributed by atoms with van der Waals surface area (Å²) in [4.78, 5) is 17.0. The minimum Gasteiger partial charge on any atom is -0.493 e. The lowest BCUT2D eigenvalue weighted by Crippen LogP contribution is -2.47. The van der Waals surface area contributed by atoms with Crippen molar-refractivity contribution in [3.05, 3.63) is 23.8 Å². The molecule has 6 heteroatoms. The summed E-state index contributed by atoms with van der Waals surface area (Å²) in [5.74, 6) is 1.38. The number of nitrogens with one attached hydrogen (secondary N) is 2. The van der Waals surface area contributed by atoms with Crippen LogP contribution in [-0.4, -0.2) is 68.8 Å². The van der Waals surface area contributed by atoms with E-state index in [4.69, 9.17) is 4.74 Å². The van der Waals surface area contributed by atoms with E-state index in [1.807, 2.05) is 18.2 Å². The molecule has 2 aliphatic heterocycles. The van der Waals surface area contributed by atoms with Gasteiger partial charge in [0.2, 0.25) is 0 Å². The molecular formula is C19H30N4O2. The number of anilines is 1. The van der Waals surface area contributed by atoms with Crippen LogP contribution in [0.2, 0.25) is 0 Å². The standard InChI is InChI=1S/C19H30N4O2/c1-15(14-23-9-7-22(2)8-10-23)13-20-19(24)21-17-5-6-18-16(12-17)4-3-11-25-18/h5-6,12,15H,3-4,7-11,13-14H2,1-2H3,(H2,20,21,24). The Morgan fingerprint density at radius 3 is 2.88 bits per heavy atom. The number of nitrogens with zero attached hydrogens (tertiary/aromatic N) is 2. The molecule has 1 saturated heterocycles. The van der Waals surface area contributed by atoms with E-state index in [9.17, 15) is 4.79 Å². The predicted octanol–water partition coefficient (Wildman–Crippen LogP) is 2.02. The highest BCUT2D eigenvalue weighted by atomic mass is 16.5. The number of fused-ring (bicyclic) bond motifs is 1. The Labute approximate surface area is 150 Å². The molecule has 1 fully saturated rings. The van der Waals surface area contributed by atoms with E-state index in [0.29, 0.717) is 12.5 Å². The molecule has 1 unspecified atom stereocenters. The van der Waals surface area contributed by atoms with Crippen molar-refractivity contribution in [2.45, 2.75) is 19.8 Å². The number of rotatable bonds is 5. The first-order valence-corrected chi connectivity index (χ1v) is 9.31. The number of aryl methyl sites for hydroxylation is 1. The van der Waals surface area contributed by atoms with E-state index in [0.717, 1.165) is 63.6 Å². The third kappa shape index (κ3) is 5.34. The Bertz CT molecular complexity index is 585. The van der Waals surface area contributed by atoms with Crippen molar-refractivity contribution in [2.75, 3.05) is 58.2 Å². The van der Waals surface area contributed by atoms with Gasteiger partial charge in [-0.05, 0) is 49.6 Å². The number of hydrogen-bond donors (Lipinski definition) is 2. The zero-order valence-electron chi connectivity index (χ0n) is 15.4. The third-order valence-electron chi connectivity index (χ3n) is 4.94. The fraction of sp³-hybridized carbons (Fsp3) is 0.632. The molecule has 2 aliphatic rings. The highest BCUT2D eigenvalue weighted by Crippen LogP contribution is 2.27. The fourth-order valence-electron chi connectivity index (χ4n) is 3.42. The predicted molar refractivity (Wildman–Crippen MR) is 100 cm³/mol. The zero-order valence-corrected chi connectivity index (χ0v) is 15.4. The second-order valence-electron chi connectivity index (χ2n) is 7.32. The van der Waals surface area contributed by atoms with E-state index >= 15 is 0 Å². The lowest BCUT2D eigenvalue weighted by molar-refractivity contribution is 0.138. The molecule has 1 atom stereocenters. The number of urea groups is 1. The molecular weight excluding hydrogens is 316 g/mol. The summed E-state index contributed by atoms with van der Waals surface area (Å²) in [6.45, 7) is 9.18. The van der Waals surface area contributed by atoms with Gasteiger partial charge in [0.1, 0.15) is 5.75 Å². The Morgan fingerprint density at radius 1 is 1.28 bits per heavy atom. The number of likely N-dealkylation sites (N-methyl/N-ethyl adjacent to an activating group) is 1. The van der Waals surface area contributed by atoms with Crippen molar-refractivity contribution in [2.24, 2.45) is 5.92 Å². The van der Waals surface area contributed by atoms with E-state index in [1.165, 1.54) is 5.56 Å². The second kappa shape index (κ2) is 8.54. The number of amides is 2. The van der Waals surface area contributed by atoms with Crippen molar-refractivity contribution in [3.63, 3.8) is 0 Å². The topological polar surface area (TPSA) is 56.8 Å². The van der Waals surface area contributed by atoms with Crippen LogP contribution >= 0.6 is 0 Å². The van der Waals surface area contributed by atoms with Crippen LogP contribution in [0.4, 0.5) is 10.5 Å². The molecule has 0 aliphatic carbocycles. The number of hydrogen-bond acceptors (Lipinski definition) is 4. The molecule has 0 aromatic heterocycles. The van der Waals surface area contributed by atoms with Gasteiger partial charge in [0, 0.05) is 45.0 Å². The van der Waals surface area contributed by atoms with E-state index in [-0.39, 0.29) is 6.03 Å². The van der Waals surface area contributed by atoms with Crippen LogP contribution in [0.1, 0.15) is 18.9 Å². The minimum absolute atomic E-state index is 0.137. The lowest BCUT2D eigenvalue weighted by atomic mass is 10.1. The van der Waals surface area contributed by atoms with Gasteiger partial charge in [0.05, 0.1) is 6.61 Å². The van der Waals surface area contributed by atoms with Gasteiger partial charge in [-0.25, -0.2) is 4.79 Å². The van der Waals surface area contributed by atoms with E-state index in [2.05, 4.69) is 34.4 Å². The molecule has 2 N–H and O–H groups in total. The van der Waals surface area contributed by atoms with Gasteiger partial charge >= 0.3 is 6.03 Å². The van der Waals surface area contributed by atoms with Gasteiger partial charge in [0.25, 0.3) is 0 Å². The second-order valence-corrected chi connectivity index (χ2v) is 7.32. The van der Waals surface area contributed by atoms with E-state index < -0.39 is 0 Å². The molecule has 0 spiro atoms. The Morgan fingerprint density at radius 2 is 2.08 bits per heavy atom. The summed E-state index contributed by atoms with van der Waals surface area (Å²) >= 11 is 0. The summed E-state index contributed by atoms with van der Waals surface area (Å²) in [6.07, 6.45) is 2.04. The molecule has 1 aromatic rings. The first-order chi connectivity index (χ1) is 12.1. The van der Waals surface area contributed by atoms with Crippen LogP contribution in [-0.2, 0) is 6.42 Å². The molecule has 25 heavy (non-hydrogen) atoms. The Kier molecular flexibility index (Phi) is 6.15. The third-order valence-corrected chi connectivity index (χ3v) is 4.94. The van der Waals surface area contributed by atoms with Crippen LogP contribution < -0.4 is 15.4 Å². The van der Waals surface area contributed by atoms with Gasteiger partial charge in [0.15, 0.2) is 0 Å². The molecule has 2 heterocycles. The van der Waals surface area contributed by atoms with Crippen LogP contribution in [0.3, 0.4) is 0 Å². The Hall–Kier alpha value is -1.79. The van der Waals surface area contributed by atoms with Gasteiger partial charge < -0.3 is 25.2 Å². The average molecular weight is 346 g/mol. The first kappa shape index (κ1) is 18.0. The molecule has 1 aromatic carbocycles. The molecule has 0 bridgehead atoms. The maximum Gasteiger partial charge on any atom is 0.319 e. The normalized spacial score (nSPS) is 19.6. The largest absolute Gasteiger partial charge is 0.493 e. The van der Waals surface area contributed by atoms with Gasteiger partial charge in [-0.15, -0.1) is 0 Å². The van der Waals surface area contributed by atoms with Crippen LogP contribution in [0.25, 0.3) is 0 Å². The fourth-order valence-corrected chi connectivity index (χ4v) is 3.42. The van der Waals surface area contributed by atoms with Crippen molar-refractivity contribution < 1.29 is 9.53 Å². The first-order valence-electron chi connectivity index (χ1n) is 9.31. The highest BCUT2D eigenvalue weighted by molar-refractivity contribution is 5.89. The smallest absolute Gasteiger partial charge is 0.319 e. The van der Waals surface area contributed by atoms with Crippen LogP contribution in [0, 0.1) is 5.92 Å². The molecule has 138 valence electrons. The zero-order chi connectivity index (χ0) is 17.6. The maximum atomic E-state index is 12.1. The molecule has 0 radical (unpaired) electrons. The molecule has 6 nitrogen and oxygen atoms in total. The van der Waals surface area contributed by atoms with Gasteiger partial charge in [-0.3, -0.25) is 0 Å². The van der Waals surface area contributed by atoms with Crippen molar-refractivity contribution in [3.8, 4) is 5.75 Å². The summed E-state index contributed by atoms with van der Waals surface area (Å²) in [5, 5.41) is 5.92. The van der Waals surface area contributed by atoms with Gasteiger partial charge in [-0.2, -0.15) is 0 Å². The summed E-state index contributed by atoms with van der Waals surface area (Å²) in [5.41, 5.74) is 2.00. The average Bonchev–Trinajstić information content (AvgIpc) is 2.62. The maximum absolute atomic E-state index is 12.1. The SMILES string of the molecule is CC(CNC(=O)Nc1ccc2c(c1)CCCO2)CN1CCN(C)CC1. The Balaban J connectivity index is 1.40. The summed E-state index contributed by atoms with van der Waals surface area (Å²) in [6, 6.07) is 5.72. The summed E-state index contributed by atoms with van der Waals surface area (Å²) < 4.78 is 5.61. The monoisotopic (exact) mass is 346 g/mol. The van der Waals surface area contributed by atoms with Crippen molar-refractivity contribution >= 4 is 11.7 Å². The molecule has 3 rings (SSSR count). The quantitative estimate of drug-likeness (QED) is 0.856. The molecule has 2 amide bonds. The minimum atomic E-state index is -0.137. The van der Waals surface area contributed by atoms with Crippen LogP contribution in [0.5, 0.6) is 5.75 Å². The van der Waals surface area contributed by atoms with Crippen molar-refractivity contribution in [1.29, 1.82) is 0 Å². The van der Waals surface area contributed by atoms with Crippen molar-refractivity contribution in [1.82, 2.24) is 15.1 Å². The lowest BCUT2D eigenvalue weighted by Gasteiger charge is -2.33. The number of carbonyl (C=O) groups excluding carboxylic acids is 1. The number of ether oxygens (including phenoxy) is 1. The highest BCUT2D eigenvalue weighted by Gasteiger charge is 2.17. The van der Waals surface area contributed by atoms with E-state index in [1.54, 1.807) is 0 Å². The number of piperazine rings is 1. The molecule has 0 saturated carbocycles. The van der Waals surface area contributed by atoms with Gasteiger partial charge in [-0.1, -0.05) is 6.92 Å².